The normalized spacial score (nSPS) is 11.5. The largest absolute Gasteiger partial charge is 0.255 e. The molecule has 1 aromatic carbocycles. The molecule has 0 saturated carbocycles. The second-order valence-electron chi connectivity index (χ2n) is 4.95. The van der Waals surface area contributed by atoms with Crippen LogP contribution < -0.4 is 5.43 Å². The van der Waals surface area contributed by atoms with Crippen LogP contribution in [0.25, 0.3) is 11.3 Å². The summed E-state index contributed by atoms with van der Waals surface area (Å²) in [5.41, 5.74) is 6.78. The Kier molecular flexibility index (Phi) is 4.83. The van der Waals surface area contributed by atoms with E-state index in [2.05, 4.69) is 55.5 Å². The summed E-state index contributed by atoms with van der Waals surface area (Å²) in [5.74, 6) is 0. The highest BCUT2D eigenvalue weighted by molar-refractivity contribution is 9.10. The number of halogens is 1. The fourth-order valence-corrected chi connectivity index (χ4v) is 3.13. The fourth-order valence-electron chi connectivity index (χ4n) is 2.09. The van der Waals surface area contributed by atoms with Crippen molar-refractivity contribution in [3.63, 3.8) is 0 Å². The van der Waals surface area contributed by atoms with E-state index in [1.54, 1.807) is 17.5 Å². The maximum atomic E-state index is 4.64. The van der Waals surface area contributed by atoms with E-state index in [1.165, 1.54) is 0 Å². The molecular weight excluding hydrogens is 372 g/mol. The van der Waals surface area contributed by atoms with Gasteiger partial charge in [0, 0.05) is 21.1 Å². The van der Waals surface area contributed by atoms with E-state index in [0.717, 1.165) is 37.1 Å². The van der Waals surface area contributed by atoms with Gasteiger partial charge >= 0.3 is 0 Å². The van der Waals surface area contributed by atoms with Crippen molar-refractivity contribution in [3.05, 3.63) is 63.7 Å². The average molecular weight is 387 g/mol. The van der Waals surface area contributed by atoms with Gasteiger partial charge in [0.2, 0.25) is 5.13 Å². The molecule has 0 fully saturated rings. The van der Waals surface area contributed by atoms with E-state index in [9.17, 15) is 0 Å². The van der Waals surface area contributed by atoms with Crippen molar-refractivity contribution in [1.29, 1.82) is 0 Å². The van der Waals surface area contributed by atoms with Crippen molar-refractivity contribution in [1.82, 2.24) is 9.97 Å². The van der Waals surface area contributed by atoms with Crippen LogP contribution >= 0.6 is 27.3 Å². The molecule has 0 spiro atoms. The summed E-state index contributed by atoms with van der Waals surface area (Å²) in [7, 11) is 0. The number of benzene rings is 1. The van der Waals surface area contributed by atoms with Crippen LogP contribution in [-0.4, -0.2) is 15.7 Å². The number of rotatable bonds is 4. The number of aromatic nitrogens is 2. The third-order valence-corrected chi connectivity index (χ3v) is 4.67. The summed E-state index contributed by atoms with van der Waals surface area (Å²) in [5, 5.41) is 5.15. The van der Waals surface area contributed by atoms with Gasteiger partial charge in [-0.15, -0.1) is 11.3 Å². The second kappa shape index (κ2) is 7.02. The zero-order valence-electron chi connectivity index (χ0n) is 12.7. The minimum Gasteiger partial charge on any atom is -0.255 e. The lowest BCUT2D eigenvalue weighted by atomic mass is 10.1. The summed E-state index contributed by atoms with van der Waals surface area (Å²) < 4.78 is 1.06. The molecule has 3 aromatic rings. The quantitative estimate of drug-likeness (QED) is 0.500. The minimum atomic E-state index is 0.774. The average Bonchev–Trinajstić information content (AvgIpc) is 2.95. The first-order chi connectivity index (χ1) is 11.1. The molecule has 0 amide bonds. The van der Waals surface area contributed by atoms with Crippen molar-refractivity contribution in [2.45, 2.75) is 13.8 Å². The molecular formula is C17H15BrN4S. The Labute approximate surface area is 147 Å². The van der Waals surface area contributed by atoms with Gasteiger partial charge in [-0.05, 0) is 38.1 Å². The number of anilines is 1. The third kappa shape index (κ3) is 3.83. The van der Waals surface area contributed by atoms with Crippen molar-refractivity contribution >= 4 is 38.1 Å². The number of hydrazone groups is 1. The van der Waals surface area contributed by atoms with Crippen LogP contribution in [0, 0.1) is 6.92 Å². The predicted molar refractivity (Wildman–Crippen MR) is 100 cm³/mol. The van der Waals surface area contributed by atoms with Gasteiger partial charge in [0.25, 0.3) is 0 Å². The smallest absolute Gasteiger partial charge is 0.204 e. The molecule has 0 aliphatic heterocycles. The molecule has 6 heteroatoms. The first-order valence-corrected chi connectivity index (χ1v) is 8.69. The Balaban J connectivity index is 1.80. The van der Waals surface area contributed by atoms with E-state index in [1.807, 2.05) is 37.3 Å². The summed E-state index contributed by atoms with van der Waals surface area (Å²) in [6.45, 7) is 3.99. The molecule has 1 N–H and O–H groups in total. The third-order valence-electron chi connectivity index (χ3n) is 3.27. The Morgan fingerprint density at radius 3 is 2.65 bits per heavy atom. The monoisotopic (exact) mass is 386 g/mol. The highest BCUT2D eigenvalue weighted by Crippen LogP contribution is 2.31. The van der Waals surface area contributed by atoms with Gasteiger partial charge in [-0.25, -0.2) is 4.98 Å². The zero-order chi connectivity index (χ0) is 16.2. The van der Waals surface area contributed by atoms with Crippen LogP contribution in [0.5, 0.6) is 0 Å². The maximum Gasteiger partial charge on any atom is 0.204 e. The molecule has 3 rings (SSSR count). The summed E-state index contributed by atoms with van der Waals surface area (Å²) in [4.78, 5) is 10.1. The topological polar surface area (TPSA) is 50.2 Å². The van der Waals surface area contributed by atoms with Crippen LogP contribution in [0.3, 0.4) is 0 Å². The van der Waals surface area contributed by atoms with Crippen LogP contribution in [0.1, 0.15) is 17.5 Å². The van der Waals surface area contributed by atoms with Gasteiger partial charge in [-0.3, -0.25) is 10.4 Å². The Morgan fingerprint density at radius 1 is 1.17 bits per heavy atom. The van der Waals surface area contributed by atoms with Gasteiger partial charge in [0.1, 0.15) is 0 Å². The lowest BCUT2D eigenvalue weighted by Gasteiger charge is -2.00. The van der Waals surface area contributed by atoms with Gasteiger partial charge < -0.3 is 0 Å². The number of hydrogen-bond acceptors (Lipinski definition) is 5. The summed E-state index contributed by atoms with van der Waals surface area (Å²) in [6, 6.07) is 13.9. The van der Waals surface area contributed by atoms with E-state index >= 15 is 0 Å². The molecule has 2 heterocycles. The van der Waals surface area contributed by atoms with Crippen LogP contribution in [0.2, 0.25) is 0 Å². The first kappa shape index (κ1) is 15.8. The SMILES string of the molecule is C/C(=N\Nc1nc(-c2ccc(Br)cc2)c(C)s1)c1ccccn1. The van der Waals surface area contributed by atoms with E-state index in [0.29, 0.717) is 0 Å². The number of nitrogens with one attached hydrogen (secondary N) is 1. The highest BCUT2D eigenvalue weighted by Gasteiger charge is 2.09. The van der Waals surface area contributed by atoms with Gasteiger partial charge in [-0.2, -0.15) is 5.10 Å². The number of aryl methyl sites for hydroxylation is 1. The van der Waals surface area contributed by atoms with Gasteiger partial charge in [-0.1, -0.05) is 34.1 Å². The fraction of sp³-hybridized carbons (Fsp3) is 0.118. The number of thiazole rings is 1. The molecule has 0 aliphatic rings. The van der Waals surface area contributed by atoms with Crippen LogP contribution in [0.15, 0.2) is 58.2 Å². The molecule has 0 saturated heterocycles. The van der Waals surface area contributed by atoms with E-state index in [4.69, 9.17) is 0 Å². The first-order valence-electron chi connectivity index (χ1n) is 7.08. The Bertz CT molecular complexity index is 826. The van der Waals surface area contributed by atoms with Gasteiger partial charge in [0.05, 0.1) is 17.1 Å². The molecule has 0 atom stereocenters. The van der Waals surface area contributed by atoms with Gasteiger partial charge in [0.15, 0.2) is 0 Å². The molecule has 2 aromatic heterocycles. The van der Waals surface area contributed by atoms with E-state index in [-0.39, 0.29) is 0 Å². The minimum absolute atomic E-state index is 0.774. The summed E-state index contributed by atoms with van der Waals surface area (Å²) in [6.07, 6.45) is 1.76. The second-order valence-corrected chi connectivity index (χ2v) is 7.07. The lowest BCUT2D eigenvalue weighted by Crippen LogP contribution is -2.01. The molecule has 23 heavy (non-hydrogen) atoms. The Hall–Kier alpha value is -2.05. The molecule has 116 valence electrons. The molecule has 0 bridgehead atoms. The molecule has 0 aliphatic carbocycles. The van der Waals surface area contributed by atoms with E-state index < -0.39 is 0 Å². The number of hydrogen-bond donors (Lipinski definition) is 1. The maximum absolute atomic E-state index is 4.64. The zero-order valence-corrected chi connectivity index (χ0v) is 15.1. The molecule has 0 unspecified atom stereocenters. The lowest BCUT2D eigenvalue weighted by molar-refractivity contribution is 1.23. The van der Waals surface area contributed by atoms with Crippen molar-refractivity contribution in [2.75, 3.05) is 5.43 Å². The molecule has 4 nitrogen and oxygen atoms in total. The number of pyridine rings is 1. The number of nitrogens with zero attached hydrogens (tertiary/aromatic N) is 3. The van der Waals surface area contributed by atoms with Crippen LogP contribution in [0.4, 0.5) is 5.13 Å². The molecule has 0 radical (unpaired) electrons. The van der Waals surface area contributed by atoms with Crippen LogP contribution in [-0.2, 0) is 0 Å². The van der Waals surface area contributed by atoms with Crippen molar-refractivity contribution in [2.24, 2.45) is 5.10 Å². The van der Waals surface area contributed by atoms with Crippen molar-refractivity contribution in [3.8, 4) is 11.3 Å². The Morgan fingerprint density at radius 2 is 1.96 bits per heavy atom. The predicted octanol–water partition coefficient (Wildman–Crippen LogP) is 5.11. The standard InChI is InChI=1S/C17H15BrN4S/c1-11(15-5-3-4-10-19-15)21-22-17-20-16(12(2)23-17)13-6-8-14(18)9-7-13/h3-10H,1-2H3,(H,20,22)/b21-11+. The van der Waals surface area contributed by atoms with Crippen molar-refractivity contribution < 1.29 is 0 Å². The highest BCUT2D eigenvalue weighted by atomic mass is 79.9. The summed E-state index contributed by atoms with van der Waals surface area (Å²) >= 11 is 5.04.